The first kappa shape index (κ1) is 20.1. The average Bonchev–Trinajstić information content (AvgIpc) is 3.32. The third-order valence-corrected chi connectivity index (χ3v) is 6.93. The van der Waals surface area contributed by atoms with Gasteiger partial charge in [0.1, 0.15) is 15.8 Å². The van der Waals surface area contributed by atoms with E-state index in [-0.39, 0.29) is 17.5 Å². The van der Waals surface area contributed by atoms with E-state index in [2.05, 4.69) is 4.90 Å². The molecule has 29 heavy (non-hydrogen) atoms. The van der Waals surface area contributed by atoms with E-state index in [0.717, 1.165) is 37.9 Å². The van der Waals surface area contributed by atoms with Gasteiger partial charge in [-0.25, -0.2) is 4.98 Å². The van der Waals surface area contributed by atoms with Crippen LogP contribution in [0.2, 0.25) is 0 Å². The van der Waals surface area contributed by atoms with E-state index < -0.39 is 0 Å². The van der Waals surface area contributed by atoms with E-state index >= 15 is 0 Å². The molecule has 6 nitrogen and oxygen atoms in total. The first-order valence-electron chi connectivity index (χ1n) is 9.96. The van der Waals surface area contributed by atoms with Crippen molar-refractivity contribution in [2.75, 3.05) is 18.0 Å². The zero-order valence-electron chi connectivity index (χ0n) is 16.8. The number of hydrogen-bond acceptors (Lipinski definition) is 6. The Kier molecular flexibility index (Phi) is 5.48. The molecule has 2 aliphatic rings. The fourth-order valence-corrected chi connectivity index (χ4v) is 5.21. The summed E-state index contributed by atoms with van der Waals surface area (Å²) in [5, 5.41) is 0. The number of thioether (sulfide) groups is 1. The Balaban J connectivity index is 1.89. The summed E-state index contributed by atoms with van der Waals surface area (Å²) in [5.41, 5.74) is 1.90. The Morgan fingerprint density at radius 1 is 1.31 bits per heavy atom. The van der Waals surface area contributed by atoms with Crippen LogP contribution in [-0.2, 0) is 4.79 Å². The number of aromatic nitrogens is 2. The summed E-state index contributed by atoms with van der Waals surface area (Å²) >= 11 is 6.70. The van der Waals surface area contributed by atoms with Crippen LogP contribution < -0.4 is 10.5 Å². The minimum Gasteiger partial charge on any atom is -0.356 e. The molecule has 0 saturated carbocycles. The topological polar surface area (TPSA) is 57.9 Å². The fraction of sp³-hybridized carbons (Fsp3) is 0.429. The molecule has 8 heteroatoms. The van der Waals surface area contributed by atoms with Gasteiger partial charge in [0.2, 0.25) is 0 Å². The van der Waals surface area contributed by atoms with Crippen LogP contribution in [0.1, 0.15) is 44.2 Å². The molecule has 0 N–H and O–H groups in total. The molecule has 0 bridgehead atoms. The van der Waals surface area contributed by atoms with E-state index in [1.165, 1.54) is 11.8 Å². The zero-order chi connectivity index (χ0) is 20.7. The van der Waals surface area contributed by atoms with Gasteiger partial charge in [-0.15, -0.1) is 0 Å². The van der Waals surface area contributed by atoms with Gasteiger partial charge in [0.25, 0.3) is 11.5 Å². The van der Waals surface area contributed by atoms with Crippen molar-refractivity contribution in [3.8, 4) is 0 Å². The van der Waals surface area contributed by atoms with Crippen molar-refractivity contribution in [1.82, 2.24) is 14.3 Å². The molecule has 2 saturated heterocycles. The molecule has 0 aliphatic carbocycles. The number of aryl methyl sites for hydroxylation is 1. The molecule has 0 aromatic carbocycles. The third kappa shape index (κ3) is 3.48. The Morgan fingerprint density at radius 2 is 2.03 bits per heavy atom. The monoisotopic (exact) mass is 428 g/mol. The summed E-state index contributed by atoms with van der Waals surface area (Å²) in [4.78, 5) is 35.5. The minimum absolute atomic E-state index is 0.0323. The second-order valence-corrected chi connectivity index (χ2v) is 9.22. The molecule has 4 rings (SSSR count). The maximum atomic E-state index is 13.4. The van der Waals surface area contributed by atoms with Crippen molar-refractivity contribution in [2.45, 2.75) is 46.1 Å². The van der Waals surface area contributed by atoms with Crippen LogP contribution >= 0.6 is 24.0 Å². The van der Waals surface area contributed by atoms with Crippen molar-refractivity contribution >= 4 is 51.7 Å². The summed E-state index contributed by atoms with van der Waals surface area (Å²) in [6, 6.07) is 3.82. The molecule has 4 heterocycles. The van der Waals surface area contributed by atoms with Gasteiger partial charge in [0.05, 0.1) is 10.5 Å². The highest BCUT2D eigenvalue weighted by Crippen LogP contribution is 2.35. The lowest BCUT2D eigenvalue weighted by molar-refractivity contribution is -0.123. The second-order valence-electron chi connectivity index (χ2n) is 7.54. The zero-order valence-corrected chi connectivity index (χ0v) is 18.5. The summed E-state index contributed by atoms with van der Waals surface area (Å²) in [6.07, 6.45) is 6.39. The number of rotatable bonds is 4. The number of pyridine rings is 1. The van der Waals surface area contributed by atoms with Crippen LogP contribution in [0.4, 0.5) is 5.82 Å². The normalized spacial score (nSPS) is 19.8. The summed E-state index contributed by atoms with van der Waals surface area (Å²) in [7, 11) is 0. The number of fused-ring (bicyclic) bond motifs is 1. The Bertz CT molecular complexity index is 1090. The maximum absolute atomic E-state index is 13.4. The highest BCUT2D eigenvalue weighted by molar-refractivity contribution is 8.26. The van der Waals surface area contributed by atoms with Crippen LogP contribution in [0.3, 0.4) is 0 Å². The molecular weight excluding hydrogens is 404 g/mol. The number of hydrogen-bond donors (Lipinski definition) is 0. The third-order valence-electron chi connectivity index (χ3n) is 5.60. The Hall–Kier alpha value is -2.19. The smallest absolute Gasteiger partial charge is 0.267 e. The molecule has 1 atom stereocenters. The highest BCUT2D eigenvalue weighted by Gasteiger charge is 2.35. The second kappa shape index (κ2) is 7.91. The van der Waals surface area contributed by atoms with E-state index in [1.54, 1.807) is 21.6 Å². The molecule has 0 spiro atoms. The molecule has 152 valence electrons. The quantitative estimate of drug-likeness (QED) is 0.548. The van der Waals surface area contributed by atoms with Crippen LogP contribution in [0.25, 0.3) is 11.7 Å². The van der Waals surface area contributed by atoms with Crippen molar-refractivity contribution in [2.24, 2.45) is 0 Å². The number of nitrogens with zero attached hydrogens (tertiary/aromatic N) is 4. The predicted molar refractivity (Wildman–Crippen MR) is 122 cm³/mol. The van der Waals surface area contributed by atoms with Crippen molar-refractivity contribution < 1.29 is 4.79 Å². The van der Waals surface area contributed by atoms with Gasteiger partial charge >= 0.3 is 0 Å². The van der Waals surface area contributed by atoms with Gasteiger partial charge in [-0.2, -0.15) is 0 Å². The summed E-state index contributed by atoms with van der Waals surface area (Å²) in [5.74, 6) is 0.533. The van der Waals surface area contributed by atoms with E-state index in [0.29, 0.717) is 26.3 Å². The first-order chi connectivity index (χ1) is 13.9. The minimum atomic E-state index is -0.158. The van der Waals surface area contributed by atoms with Gasteiger partial charge in [-0.05, 0) is 50.8 Å². The predicted octanol–water partition coefficient (Wildman–Crippen LogP) is 3.60. The number of thiocarbonyl (C=S) groups is 1. The molecule has 0 radical (unpaired) electrons. The average molecular weight is 429 g/mol. The lowest BCUT2D eigenvalue weighted by Crippen LogP contribution is -2.36. The SMILES string of the molecule is CC[C@H](C)N1C(=O)/C(=C/c2c(N3CCCC3)nc3c(C)cccn3c2=O)SC1=S. The summed E-state index contributed by atoms with van der Waals surface area (Å²) in [6.45, 7) is 7.69. The number of carbonyl (C=O) groups excluding carboxylic acids is 1. The molecular formula is C21H24N4O2S2. The van der Waals surface area contributed by atoms with Gasteiger partial charge in [0, 0.05) is 25.3 Å². The molecule has 1 amide bonds. The number of carbonyl (C=O) groups is 1. The summed E-state index contributed by atoms with van der Waals surface area (Å²) < 4.78 is 2.11. The molecule has 2 fully saturated rings. The fourth-order valence-electron chi connectivity index (χ4n) is 3.77. The van der Waals surface area contributed by atoms with Gasteiger partial charge in [-0.3, -0.25) is 18.9 Å². The number of anilines is 1. The van der Waals surface area contributed by atoms with Gasteiger partial charge in [0.15, 0.2) is 0 Å². The van der Waals surface area contributed by atoms with Gasteiger partial charge < -0.3 is 4.90 Å². The lowest BCUT2D eigenvalue weighted by Gasteiger charge is -2.21. The van der Waals surface area contributed by atoms with Crippen molar-refractivity contribution in [3.63, 3.8) is 0 Å². The first-order valence-corrected chi connectivity index (χ1v) is 11.2. The van der Waals surface area contributed by atoms with Crippen LogP contribution in [0.5, 0.6) is 0 Å². The van der Waals surface area contributed by atoms with Gasteiger partial charge in [-0.1, -0.05) is 37.0 Å². The van der Waals surface area contributed by atoms with E-state index in [4.69, 9.17) is 17.2 Å². The largest absolute Gasteiger partial charge is 0.356 e. The number of amides is 1. The van der Waals surface area contributed by atoms with E-state index in [9.17, 15) is 9.59 Å². The van der Waals surface area contributed by atoms with Crippen molar-refractivity contribution in [1.29, 1.82) is 0 Å². The van der Waals surface area contributed by atoms with E-state index in [1.807, 2.05) is 32.9 Å². The maximum Gasteiger partial charge on any atom is 0.267 e. The van der Waals surface area contributed by atoms with Crippen LogP contribution in [0, 0.1) is 6.92 Å². The Morgan fingerprint density at radius 3 is 2.72 bits per heavy atom. The molecule has 0 unspecified atom stereocenters. The molecule has 2 aromatic rings. The Labute approximate surface area is 179 Å². The lowest BCUT2D eigenvalue weighted by atomic mass is 10.2. The molecule has 2 aromatic heterocycles. The van der Waals surface area contributed by atoms with Crippen LogP contribution in [0.15, 0.2) is 28.0 Å². The van der Waals surface area contributed by atoms with Crippen LogP contribution in [-0.4, -0.2) is 43.6 Å². The standard InChI is InChI=1S/C21H24N4O2S2/c1-4-14(3)25-20(27)16(29-21(25)28)12-15-18(23-9-5-6-10-23)22-17-13(2)8-7-11-24(17)19(15)26/h7-8,11-12,14H,4-6,9-10H2,1-3H3/b16-12-/t14-/m0/s1. The highest BCUT2D eigenvalue weighted by atomic mass is 32.2. The van der Waals surface area contributed by atoms with Crippen molar-refractivity contribution in [3.05, 3.63) is 44.7 Å². The molecule has 2 aliphatic heterocycles.